The van der Waals surface area contributed by atoms with Crippen molar-refractivity contribution in [3.05, 3.63) is 18.1 Å². The zero-order valence-corrected chi connectivity index (χ0v) is 11.6. The van der Waals surface area contributed by atoms with Crippen LogP contribution in [0.15, 0.2) is 12.4 Å². The summed E-state index contributed by atoms with van der Waals surface area (Å²) in [6, 6.07) is 1.07. The summed E-state index contributed by atoms with van der Waals surface area (Å²) in [6.07, 6.45) is 7.06. The first-order chi connectivity index (χ1) is 9.24. The van der Waals surface area contributed by atoms with Gasteiger partial charge in [-0.3, -0.25) is 9.88 Å². The number of likely N-dealkylation sites (tertiary alicyclic amines) is 1. The van der Waals surface area contributed by atoms with E-state index in [0.29, 0.717) is 12.1 Å². The van der Waals surface area contributed by atoms with Crippen molar-refractivity contribution >= 4 is 5.82 Å². The first kappa shape index (κ1) is 12.8. The second kappa shape index (κ2) is 5.43. The molecule has 2 saturated heterocycles. The van der Waals surface area contributed by atoms with Gasteiger partial charge in [-0.15, -0.1) is 0 Å². The molecule has 0 radical (unpaired) electrons. The molecule has 0 saturated carbocycles. The molecule has 1 atom stereocenters. The van der Waals surface area contributed by atoms with Gasteiger partial charge in [0.25, 0.3) is 0 Å². The summed E-state index contributed by atoms with van der Waals surface area (Å²) < 4.78 is 0. The maximum atomic E-state index is 5.98. The average Bonchev–Trinajstić information content (AvgIpc) is 2.89. The fourth-order valence-electron chi connectivity index (χ4n) is 3.23. The van der Waals surface area contributed by atoms with E-state index in [1.807, 2.05) is 6.92 Å². The van der Waals surface area contributed by atoms with Crippen molar-refractivity contribution in [2.45, 2.75) is 38.3 Å². The van der Waals surface area contributed by atoms with Gasteiger partial charge in [0.2, 0.25) is 0 Å². The fraction of sp³-hybridized carbons (Fsp3) is 0.714. The minimum absolute atomic E-state index is 0.413. The van der Waals surface area contributed by atoms with Crippen LogP contribution in [0.5, 0.6) is 0 Å². The van der Waals surface area contributed by atoms with Crippen LogP contribution in [0.2, 0.25) is 0 Å². The molecule has 3 rings (SSSR count). The summed E-state index contributed by atoms with van der Waals surface area (Å²) in [5.41, 5.74) is 7.01. The topological polar surface area (TPSA) is 58.3 Å². The van der Waals surface area contributed by atoms with Crippen molar-refractivity contribution in [1.29, 1.82) is 0 Å². The highest BCUT2D eigenvalue weighted by Crippen LogP contribution is 2.24. The Morgan fingerprint density at radius 1 is 1.11 bits per heavy atom. The van der Waals surface area contributed by atoms with Crippen molar-refractivity contribution < 1.29 is 0 Å². The molecule has 0 aromatic carbocycles. The van der Waals surface area contributed by atoms with E-state index < -0.39 is 0 Å². The van der Waals surface area contributed by atoms with Gasteiger partial charge in [-0.25, -0.2) is 4.98 Å². The molecule has 1 unspecified atom stereocenters. The van der Waals surface area contributed by atoms with E-state index >= 15 is 0 Å². The molecule has 2 N–H and O–H groups in total. The number of aryl methyl sites for hydroxylation is 1. The normalized spacial score (nSPS) is 26.0. The number of hydrogen-bond donors (Lipinski definition) is 1. The van der Waals surface area contributed by atoms with E-state index in [9.17, 15) is 0 Å². The smallest absolute Gasteiger partial charge is 0.150 e. The molecule has 5 heteroatoms. The highest BCUT2D eigenvalue weighted by atomic mass is 15.3. The highest BCUT2D eigenvalue weighted by molar-refractivity contribution is 5.43. The second-order valence-corrected chi connectivity index (χ2v) is 5.73. The maximum Gasteiger partial charge on any atom is 0.150 e. The number of anilines is 1. The van der Waals surface area contributed by atoms with Crippen LogP contribution in [0, 0.1) is 6.92 Å². The molecule has 1 aromatic heterocycles. The molecule has 19 heavy (non-hydrogen) atoms. The molecule has 3 heterocycles. The lowest BCUT2D eigenvalue weighted by molar-refractivity contribution is 0.163. The molecule has 1 aromatic rings. The maximum absolute atomic E-state index is 5.98. The van der Waals surface area contributed by atoms with Gasteiger partial charge in [-0.2, -0.15) is 0 Å². The van der Waals surface area contributed by atoms with Gasteiger partial charge in [0, 0.05) is 37.6 Å². The molecule has 5 nitrogen and oxygen atoms in total. The van der Waals surface area contributed by atoms with Crippen molar-refractivity contribution in [3.63, 3.8) is 0 Å². The van der Waals surface area contributed by atoms with Gasteiger partial charge < -0.3 is 10.6 Å². The number of rotatable bonds is 2. The Morgan fingerprint density at radius 3 is 2.58 bits per heavy atom. The molecular weight excluding hydrogens is 238 g/mol. The predicted molar refractivity (Wildman–Crippen MR) is 76.2 cm³/mol. The zero-order chi connectivity index (χ0) is 13.2. The summed E-state index contributed by atoms with van der Waals surface area (Å²) in [6.45, 7) is 6.51. The average molecular weight is 261 g/mol. The van der Waals surface area contributed by atoms with Gasteiger partial charge in [-0.05, 0) is 39.3 Å². The first-order valence-electron chi connectivity index (χ1n) is 7.26. The van der Waals surface area contributed by atoms with Crippen LogP contribution < -0.4 is 10.6 Å². The van der Waals surface area contributed by atoms with Gasteiger partial charge in [0.05, 0.1) is 5.69 Å². The number of nitrogens with zero attached hydrogens (tertiary/aromatic N) is 4. The molecule has 0 aliphatic carbocycles. The summed E-state index contributed by atoms with van der Waals surface area (Å²) in [4.78, 5) is 13.8. The van der Waals surface area contributed by atoms with Gasteiger partial charge in [-0.1, -0.05) is 0 Å². The van der Waals surface area contributed by atoms with E-state index in [1.165, 1.54) is 6.42 Å². The molecule has 2 aliphatic rings. The lowest BCUT2D eigenvalue weighted by Crippen LogP contribution is -2.46. The van der Waals surface area contributed by atoms with Crippen LogP contribution in [0.4, 0.5) is 5.82 Å². The third-order valence-corrected chi connectivity index (χ3v) is 4.41. The molecule has 0 bridgehead atoms. The summed E-state index contributed by atoms with van der Waals surface area (Å²) in [5, 5.41) is 0. The standard InChI is InChI=1S/C14H23N5/c1-11-14(17-6-5-16-11)19-9-4-13(10-19)18-7-2-12(15)3-8-18/h5-6,12-13H,2-4,7-10,15H2,1H3. The van der Waals surface area contributed by atoms with Crippen molar-refractivity contribution in [2.24, 2.45) is 5.73 Å². The monoisotopic (exact) mass is 261 g/mol. The highest BCUT2D eigenvalue weighted by Gasteiger charge is 2.30. The van der Waals surface area contributed by atoms with Gasteiger partial charge in [0.1, 0.15) is 5.82 Å². The summed E-state index contributed by atoms with van der Waals surface area (Å²) in [7, 11) is 0. The van der Waals surface area contributed by atoms with E-state index in [4.69, 9.17) is 5.73 Å². The van der Waals surface area contributed by atoms with Crippen LogP contribution in [-0.2, 0) is 0 Å². The van der Waals surface area contributed by atoms with E-state index in [-0.39, 0.29) is 0 Å². The summed E-state index contributed by atoms with van der Waals surface area (Å²) >= 11 is 0. The Kier molecular flexibility index (Phi) is 3.66. The molecule has 2 aliphatic heterocycles. The Labute approximate surface area is 114 Å². The Morgan fingerprint density at radius 2 is 1.84 bits per heavy atom. The fourth-order valence-corrected chi connectivity index (χ4v) is 3.23. The van der Waals surface area contributed by atoms with E-state index in [1.54, 1.807) is 12.4 Å². The van der Waals surface area contributed by atoms with Crippen LogP contribution >= 0.6 is 0 Å². The third-order valence-electron chi connectivity index (χ3n) is 4.41. The van der Waals surface area contributed by atoms with Gasteiger partial charge >= 0.3 is 0 Å². The molecule has 2 fully saturated rings. The van der Waals surface area contributed by atoms with Crippen molar-refractivity contribution in [1.82, 2.24) is 14.9 Å². The number of aromatic nitrogens is 2. The summed E-state index contributed by atoms with van der Waals surface area (Å²) in [5.74, 6) is 1.05. The minimum atomic E-state index is 0.413. The Balaban J connectivity index is 1.63. The lowest BCUT2D eigenvalue weighted by Gasteiger charge is -2.34. The SMILES string of the molecule is Cc1nccnc1N1CCC(N2CCC(N)CC2)C1. The second-order valence-electron chi connectivity index (χ2n) is 5.73. The minimum Gasteiger partial charge on any atom is -0.353 e. The number of hydrogen-bond acceptors (Lipinski definition) is 5. The molecular formula is C14H23N5. The Bertz CT molecular complexity index is 428. The van der Waals surface area contributed by atoms with Crippen LogP contribution in [0.1, 0.15) is 25.0 Å². The van der Waals surface area contributed by atoms with E-state index in [0.717, 1.165) is 50.5 Å². The van der Waals surface area contributed by atoms with Crippen LogP contribution in [0.25, 0.3) is 0 Å². The van der Waals surface area contributed by atoms with Gasteiger partial charge in [0.15, 0.2) is 0 Å². The lowest BCUT2D eigenvalue weighted by atomic mass is 10.0. The zero-order valence-electron chi connectivity index (χ0n) is 11.6. The molecule has 0 spiro atoms. The van der Waals surface area contributed by atoms with Crippen LogP contribution in [0.3, 0.4) is 0 Å². The first-order valence-corrected chi connectivity index (χ1v) is 7.26. The molecule has 0 amide bonds. The predicted octanol–water partition coefficient (Wildman–Crippen LogP) is 0.787. The third kappa shape index (κ3) is 2.72. The number of nitrogens with two attached hydrogens (primary N) is 1. The van der Waals surface area contributed by atoms with Crippen molar-refractivity contribution in [2.75, 3.05) is 31.1 Å². The Hall–Kier alpha value is -1.20. The van der Waals surface area contributed by atoms with E-state index in [2.05, 4.69) is 19.8 Å². The van der Waals surface area contributed by atoms with Crippen molar-refractivity contribution in [3.8, 4) is 0 Å². The number of piperidine rings is 1. The largest absolute Gasteiger partial charge is 0.353 e. The quantitative estimate of drug-likeness (QED) is 0.853. The van der Waals surface area contributed by atoms with Crippen LogP contribution in [-0.4, -0.2) is 53.1 Å². The molecule has 104 valence electrons.